The number of hydrogen-bond donors (Lipinski definition) is 2. The Balaban J connectivity index is 1.75. The van der Waals surface area contributed by atoms with Crippen LogP contribution in [0.15, 0.2) is 47.9 Å². The van der Waals surface area contributed by atoms with Gasteiger partial charge in [0, 0.05) is 44.7 Å². The fourth-order valence-electron chi connectivity index (χ4n) is 3.98. The largest absolute Gasteiger partial charge is 0.364 e. The number of fused-ring (bicyclic) bond motifs is 1. The fraction of sp³-hybridized carbons (Fsp3) is 0.280. The van der Waals surface area contributed by atoms with Crippen LogP contribution in [0.2, 0.25) is 0 Å². The average molecular weight is 483 g/mol. The maximum Gasteiger partial charge on any atom is 0.230 e. The number of nitrogens with one attached hydrogen (secondary N) is 2. The number of pyridine rings is 1. The smallest absolute Gasteiger partial charge is 0.230 e. The Morgan fingerprint density at radius 2 is 1.85 bits per heavy atom. The first-order chi connectivity index (χ1) is 16.5. The van der Waals surface area contributed by atoms with Crippen molar-refractivity contribution in [3.05, 3.63) is 76.1 Å². The molecular formula is C25H24ClFN4O3. The molecule has 0 spiro atoms. The molecule has 0 bridgehead atoms. The lowest BCUT2D eigenvalue weighted by Crippen LogP contribution is -2.48. The number of aromatic nitrogens is 1. The van der Waals surface area contributed by atoms with Gasteiger partial charge in [0.25, 0.3) is 0 Å². The lowest BCUT2D eigenvalue weighted by atomic mass is 9.89. The topological polar surface area (TPSA) is 91.4 Å². The van der Waals surface area contributed by atoms with Crippen molar-refractivity contribution in [3.8, 4) is 0 Å². The minimum atomic E-state index is -0.464. The van der Waals surface area contributed by atoms with Crippen LogP contribution in [0.1, 0.15) is 44.8 Å². The van der Waals surface area contributed by atoms with Gasteiger partial charge in [0.15, 0.2) is 0 Å². The van der Waals surface area contributed by atoms with E-state index in [1.54, 1.807) is 30.4 Å². The molecule has 1 saturated heterocycles. The van der Waals surface area contributed by atoms with Crippen LogP contribution in [0, 0.1) is 5.82 Å². The summed E-state index contributed by atoms with van der Waals surface area (Å²) in [6.45, 7) is 2.35. The van der Waals surface area contributed by atoms with Gasteiger partial charge in [0.05, 0.1) is 5.56 Å². The van der Waals surface area contributed by atoms with E-state index in [9.17, 15) is 18.8 Å². The van der Waals surface area contributed by atoms with Crippen LogP contribution in [-0.2, 0) is 4.79 Å². The van der Waals surface area contributed by atoms with Crippen molar-refractivity contribution in [1.82, 2.24) is 20.5 Å². The SMILES string of the molecule is O=C(CCCCl)NC1=C(N2CCNCC2)C(=O)c2nccc(/C=C/c3ccc(F)cc3)c2C1=O. The molecule has 176 valence electrons. The van der Waals surface area contributed by atoms with Gasteiger partial charge in [-0.2, -0.15) is 0 Å². The van der Waals surface area contributed by atoms with Gasteiger partial charge in [-0.25, -0.2) is 4.39 Å². The van der Waals surface area contributed by atoms with Crippen molar-refractivity contribution in [2.75, 3.05) is 32.1 Å². The van der Waals surface area contributed by atoms with Gasteiger partial charge in [-0.05, 0) is 35.7 Å². The summed E-state index contributed by atoms with van der Waals surface area (Å²) in [5, 5.41) is 5.90. The third-order valence-corrected chi connectivity index (χ3v) is 5.93. The molecule has 0 saturated carbocycles. The molecule has 2 N–H and O–H groups in total. The van der Waals surface area contributed by atoms with Crippen LogP contribution in [0.5, 0.6) is 0 Å². The van der Waals surface area contributed by atoms with E-state index in [0.29, 0.717) is 44.0 Å². The van der Waals surface area contributed by atoms with E-state index in [1.165, 1.54) is 18.3 Å². The number of benzene rings is 1. The molecule has 1 aliphatic heterocycles. The maximum atomic E-state index is 13.7. The number of carbonyl (C=O) groups is 3. The van der Waals surface area contributed by atoms with Gasteiger partial charge < -0.3 is 15.5 Å². The summed E-state index contributed by atoms with van der Waals surface area (Å²) in [6.07, 6.45) is 5.48. The number of carbonyl (C=O) groups excluding carboxylic acids is 3. The Morgan fingerprint density at radius 3 is 2.56 bits per heavy atom. The highest BCUT2D eigenvalue weighted by Crippen LogP contribution is 2.29. The highest BCUT2D eigenvalue weighted by Gasteiger charge is 2.38. The van der Waals surface area contributed by atoms with E-state index in [4.69, 9.17) is 11.6 Å². The van der Waals surface area contributed by atoms with E-state index in [1.807, 2.05) is 4.90 Å². The second-order valence-electron chi connectivity index (χ2n) is 7.97. The van der Waals surface area contributed by atoms with Crippen molar-refractivity contribution >= 4 is 41.2 Å². The summed E-state index contributed by atoms with van der Waals surface area (Å²) in [4.78, 5) is 45.8. The zero-order chi connectivity index (χ0) is 24.1. The number of piperazine rings is 1. The normalized spacial score (nSPS) is 16.2. The highest BCUT2D eigenvalue weighted by molar-refractivity contribution is 6.27. The zero-order valence-corrected chi connectivity index (χ0v) is 19.2. The van der Waals surface area contributed by atoms with Crippen LogP contribution < -0.4 is 10.6 Å². The number of halogens is 2. The van der Waals surface area contributed by atoms with E-state index in [-0.39, 0.29) is 40.8 Å². The lowest BCUT2D eigenvalue weighted by molar-refractivity contribution is -0.120. The van der Waals surface area contributed by atoms with Crippen LogP contribution >= 0.6 is 11.6 Å². The van der Waals surface area contributed by atoms with Crippen LogP contribution in [0.25, 0.3) is 12.2 Å². The summed E-state index contributed by atoms with van der Waals surface area (Å²) in [7, 11) is 0. The predicted molar refractivity (Wildman–Crippen MR) is 128 cm³/mol. The molecule has 1 fully saturated rings. The number of Topliss-reactive ketones (excluding diaryl/α,β-unsaturated/α-hetero) is 2. The second kappa shape index (κ2) is 10.7. The third kappa shape index (κ3) is 5.08. The fourth-order valence-corrected chi connectivity index (χ4v) is 4.11. The van der Waals surface area contributed by atoms with E-state index in [0.717, 1.165) is 5.56 Å². The van der Waals surface area contributed by atoms with Crippen molar-refractivity contribution < 1.29 is 18.8 Å². The number of amides is 1. The molecule has 2 aliphatic rings. The number of rotatable bonds is 7. The predicted octanol–water partition coefficient (Wildman–Crippen LogP) is 3.02. The molecule has 0 unspecified atom stereocenters. The van der Waals surface area contributed by atoms with Crippen molar-refractivity contribution in [3.63, 3.8) is 0 Å². The Morgan fingerprint density at radius 1 is 1.12 bits per heavy atom. The summed E-state index contributed by atoms with van der Waals surface area (Å²) < 4.78 is 13.2. The first-order valence-electron chi connectivity index (χ1n) is 11.1. The van der Waals surface area contributed by atoms with Crippen LogP contribution in [0.3, 0.4) is 0 Å². The summed E-state index contributed by atoms with van der Waals surface area (Å²) in [6, 6.07) is 7.53. The quantitative estimate of drug-likeness (QED) is 0.589. The first-order valence-corrected chi connectivity index (χ1v) is 11.6. The molecule has 0 radical (unpaired) electrons. The van der Waals surface area contributed by atoms with E-state index in [2.05, 4.69) is 15.6 Å². The number of ketones is 2. The standard InChI is InChI=1S/C25H24ClFN4O3/c26-10-1-2-19(32)30-22-23(31-14-12-28-13-15-31)25(34)21-20(24(22)33)17(9-11-29-21)6-3-16-4-7-18(27)8-5-16/h3-9,11,28H,1-2,10,12-15H2,(H,30,32)/b6-3+. The Kier molecular flexibility index (Phi) is 7.49. The molecule has 1 amide bonds. The molecular weight excluding hydrogens is 459 g/mol. The van der Waals surface area contributed by atoms with Crippen molar-refractivity contribution in [2.24, 2.45) is 0 Å². The average Bonchev–Trinajstić information content (AvgIpc) is 2.86. The Bertz CT molecular complexity index is 1170. The van der Waals surface area contributed by atoms with Gasteiger partial charge in [-0.1, -0.05) is 24.3 Å². The minimum Gasteiger partial charge on any atom is -0.364 e. The first kappa shape index (κ1) is 23.8. The number of allylic oxidation sites excluding steroid dienone is 2. The number of nitrogens with zero attached hydrogens (tertiary/aromatic N) is 2. The molecule has 7 nitrogen and oxygen atoms in total. The molecule has 2 aromatic rings. The summed E-state index contributed by atoms with van der Waals surface area (Å²) >= 11 is 5.71. The van der Waals surface area contributed by atoms with Gasteiger partial charge in [0.1, 0.15) is 22.9 Å². The molecule has 34 heavy (non-hydrogen) atoms. The second-order valence-corrected chi connectivity index (χ2v) is 8.35. The monoisotopic (exact) mass is 482 g/mol. The maximum absolute atomic E-state index is 13.7. The molecule has 9 heteroatoms. The van der Waals surface area contributed by atoms with Crippen LogP contribution in [-0.4, -0.2) is 59.4 Å². The van der Waals surface area contributed by atoms with Gasteiger partial charge in [-0.3, -0.25) is 19.4 Å². The summed E-state index contributed by atoms with van der Waals surface area (Å²) in [5.74, 6) is -1.27. The molecule has 1 aromatic carbocycles. The highest BCUT2D eigenvalue weighted by atomic mass is 35.5. The van der Waals surface area contributed by atoms with Gasteiger partial charge >= 0.3 is 0 Å². The van der Waals surface area contributed by atoms with E-state index < -0.39 is 11.6 Å². The zero-order valence-electron chi connectivity index (χ0n) is 18.4. The molecule has 1 aliphatic carbocycles. The van der Waals surface area contributed by atoms with E-state index >= 15 is 0 Å². The van der Waals surface area contributed by atoms with Crippen molar-refractivity contribution in [2.45, 2.75) is 12.8 Å². The molecule has 1 aromatic heterocycles. The van der Waals surface area contributed by atoms with Gasteiger partial charge in [0.2, 0.25) is 17.5 Å². The molecule has 4 rings (SSSR count). The molecule has 2 heterocycles. The number of hydrogen-bond acceptors (Lipinski definition) is 6. The Hall–Kier alpha value is -3.36. The van der Waals surface area contributed by atoms with Gasteiger partial charge in [-0.15, -0.1) is 11.6 Å². The minimum absolute atomic E-state index is 0.0246. The number of alkyl halides is 1. The lowest BCUT2D eigenvalue weighted by Gasteiger charge is -2.34. The van der Waals surface area contributed by atoms with Crippen molar-refractivity contribution in [1.29, 1.82) is 0 Å². The third-order valence-electron chi connectivity index (χ3n) is 5.66. The molecule has 0 atom stereocenters. The Labute approximate surface area is 201 Å². The van der Waals surface area contributed by atoms with Crippen LogP contribution in [0.4, 0.5) is 4.39 Å². The summed E-state index contributed by atoms with van der Waals surface area (Å²) in [5.41, 5.74) is 1.55.